The van der Waals surface area contributed by atoms with Gasteiger partial charge >= 0.3 is 0 Å². The van der Waals surface area contributed by atoms with E-state index in [1.165, 1.54) is 0 Å². The first-order valence-corrected chi connectivity index (χ1v) is 9.56. The van der Waals surface area contributed by atoms with Gasteiger partial charge in [-0.25, -0.2) is 0 Å². The molecular formula is C19H32ClNO3. The second-order valence-corrected chi connectivity index (χ2v) is 6.89. The van der Waals surface area contributed by atoms with Gasteiger partial charge < -0.3 is 14.4 Å². The Morgan fingerprint density at radius 1 is 1.33 bits per heavy atom. The fraction of sp³-hybridized carbons (Fsp3) is 0.842. The number of ether oxygens (including phenoxy) is 2. The summed E-state index contributed by atoms with van der Waals surface area (Å²) in [7, 11) is 0. The minimum Gasteiger partial charge on any atom is -0.350 e. The molecule has 1 heterocycles. The normalized spacial score (nSPS) is 23.0. The molecule has 1 amide bonds. The number of unbranched alkanes of at least 4 members (excludes halogenated alkanes) is 1. The Bertz CT molecular complexity index is 424. The van der Waals surface area contributed by atoms with Crippen molar-refractivity contribution in [3.05, 3.63) is 0 Å². The van der Waals surface area contributed by atoms with Crippen LogP contribution in [0, 0.1) is 17.8 Å². The Balaban J connectivity index is 2.71. The van der Waals surface area contributed by atoms with E-state index in [4.69, 9.17) is 21.1 Å². The van der Waals surface area contributed by atoms with Crippen molar-refractivity contribution >= 4 is 17.5 Å². The SMILES string of the molecule is CC#CCCN(C(=O)C(Cl)CCCC)C(C)C1OCC(CC)CO1. The first-order valence-electron chi connectivity index (χ1n) is 9.12. The molecule has 0 radical (unpaired) electrons. The highest BCUT2D eigenvalue weighted by Crippen LogP contribution is 2.21. The summed E-state index contributed by atoms with van der Waals surface area (Å²) in [4.78, 5) is 14.6. The van der Waals surface area contributed by atoms with Crippen LogP contribution in [0.25, 0.3) is 0 Å². The van der Waals surface area contributed by atoms with Crippen molar-refractivity contribution in [1.29, 1.82) is 0 Å². The number of halogens is 1. The second-order valence-electron chi connectivity index (χ2n) is 6.37. The number of amides is 1. The molecule has 1 fully saturated rings. The number of hydrogen-bond donors (Lipinski definition) is 0. The monoisotopic (exact) mass is 357 g/mol. The zero-order valence-electron chi connectivity index (χ0n) is 15.5. The van der Waals surface area contributed by atoms with E-state index in [9.17, 15) is 4.79 Å². The predicted molar refractivity (Wildman–Crippen MR) is 97.9 cm³/mol. The lowest BCUT2D eigenvalue weighted by Gasteiger charge is -2.38. The van der Waals surface area contributed by atoms with Crippen LogP contribution >= 0.6 is 11.6 Å². The smallest absolute Gasteiger partial charge is 0.241 e. The van der Waals surface area contributed by atoms with E-state index in [1.54, 1.807) is 11.8 Å². The zero-order chi connectivity index (χ0) is 17.9. The van der Waals surface area contributed by atoms with Gasteiger partial charge in [0.15, 0.2) is 6.29 Å². The molecule has 0 aromatic carbocycles. The van der Waals surface area contributed by atoms with E-state index >= 15 is 0 Å². The quantitative estimate of drug-likeness (QED) is 0.465. The maximum atomic E-state index is 12.8. The van der Waals surface area contributed by atoms with Crippen molar-refractivity contribution < 1.29 is 14.3 Å². The molecule has 1 aliphatic heterocycles. The van der Waals surface area contributed by atoms with Gasteiger partial charge in [0.2, 0.25) is 5.91 Å². The van der Waals surface area contributed by atoms with Gasteiger partial charge in [-0.3, -0.25) is 4.79 Å². The molecule has 0 aliphatic carbocycles. The highest BCUT2D eigenvalue weighted by atomic mass is 35.5. The molecule has 0 aromatic rings. The summed E-state index contributed by atoms with van der Waals surface area (Å²) in [5.74, 6) is 6.29. The van der Waals surface area contributed by atoms with Crippen LogP contribution in [0.1, 0.15) is 59.8 Å². The molecule has 4 nitrogen and oxygen atoms in total. The van der Waals surface area contributed by atoms with Gasteiger partial charge in [0, 0.05) is 18.9 Å². The molecule has 1 saturated heterocycles. The van der Waals surface area contributed by atoms with Gasteiger partial charge in [-0.1, -0.05) is 26.7 Å². The van der Waals surface area contributed by atoms with Crippen molar-refractivity contribution in [2.75, 3.05) is 19.8 Å². The van der Waals surface area contributed by atoms with Gasteiger partial charge in [-0.15, -0.1) is 23.4 Å². The first-order chi connectivity index (χ1) is 11.5. The van der Waals surface area contributed by atoms with Crippen molar-refractivity contribution in [3.8, 4) is 11.8 Å². The molecule has 138 valence electrons. The Morgan fingerprint density at radius 2 is 2.00 bits per heavy atom. The minimum atomic E-state index is -0.492. The molecular weight excluding hydrogens is 326 g/mol. The summed E-state index contributed by atoms with van der Waals surface area (Å²) in [5.41, 5.74) is 0. The van der Waals surface area contributed by atoms with Crippen molar-refractivity contribution in [1.82, 2.24) is 4.90 Å². The second kappa shape index (κ2) is 11.7. The third-order valence-electron chi connectivity index (χ3n) is 4.47. The molecule has 5 heteroatoms. The van der Waals surface area contributed by atoms with E-state index in [0.717, 1.165) is 19.3 Å². The van der Waals surface area contributed by atoms with Gasteiger partial charge in [-0.05, 0) is 26.7 Å². The van der Waals surface area contributed by atoms with Gasteiger partial charge in [0.05, 0.1) is 19.3 Å². The molecule has 24 heavy (non-hydrogen) atoms. The number of carbonyl (C=O) groups is 1. The maximum Gasteiger partial charge on any atom is 0.241 e. The van der Waals surface area contributed by atoms with Crippen molar-refractivity contribution in [2.24, 2.45) is 5.92 Å². The van der Waals surface area contributed by atoms with Crippen LogP contribution in [-0.4, -0.2) is 48.3 Å². The number of rotatable bonds is 9. The number of carbonyl (C=O) groups excluding carboxylic acids is 1. The van der Waals surface area contributed by atoms with Crippen LogP contribution in [0.2, 0.25) is 0 Å². The molecule has 2 unspecified atom stereocenters. The van der Waals surface area contributed by atoms with Gasteiger partial charge in [-0.2, -0.15) is 0 Å². The molecule has 1 rings (SSSR count). The van der Waals surface area contributed by atoms with E-state index in [0.29, 0.717) is 38.5 Å². The van der Waals surface area contributed by atoms with Crippen molar-refractivity contribution in [3.63, 3.8) is 0 Å². The number of alkyl halides is 1. The molecule has 0 N–H and O–H groups in total. The summed E-state index contributed by atoms with van der Waals surface area (Å²) < 4.78 is 11.7. The predicted octanol–water partition coefficient (Wildman–Crippen LogP) is 3.81. The lowest BCUT2D eigenvalue weighted by molar-refractivity contribution is -0.225. The lowest BCUT2D eigenvalue weighted by atomic mass is 10.1. The van der Waals surface area contributed by atoms with E-state index in [-0.39, 0.29) is 18.2 Å². The van der Waals surface area contributed by atoms with Crippen molar-refractivity contribution in [2.45, 2.75) is 77.5 Å². The molecule has 2 atom stereocenters. The van der Waals surface area contributed by atoms with Crippen LogP contribution in [0.15, 0.2) is 0 Å². The Hall–Kier alpha value is -0.760. The largest absolute Gasteiger partial charge is 0.350 e. The average Bonchev–Trinajstić information content (AvgIpc) is 2.62. The third-order valence-corrected chi connectivity index (χ3v) is 4.88. The molecule has 1 aliphatic rings. The van der Waals surface area contributed by atoms with Crippen LogP contribution in [0.5, 0.6) is 0 Å². The fourth-order valence-electron chi connectivity index (χ4n) is 2.72. The van der Waals surface area contributed by atoms with Crippen LogP contribution in [0.3, 0.4) is 0 Å². The Morgan fingerprint density at radius 3 is 2.54 bits per heavy atom. The summed E-state index contributed by atoms with van der Waals surface area (Å²) in [6.07, 6.45) is 3.96. The van der Waals surface area contributed by atoms with E-state index in [2.05, 4.69) is 25.7 Å². The summed E-state index contributed by atoms with van der Waals surface area (Å²) in [5, 5.41) is -0.492. The van der Waals surface area contributed by atoms with Crippen LogP contribution in [-0.2, 0) is 14.3 Å². The standard InChI is InChI=1S/C19H32ClNO3/c1-5-8-10-12-21(18(22)17(20)11-9-6-2)15(4)19-23-13-16(7-3)14-24-19/h15-17,19H,6-7,9-14H2,1-4H3. The van der Waals surface area contributed by atoms with Crippen LogP contribution < -0.4 is 0 Å². The van der Waals surface area contributed by atoms with Gasteiger partial charge in [0.1, 0.15) is 5.38 Å². The Kier molecular flexibility index (Phi) is 10.4. The van der Waals surface area contributed by atoms with Crippen LogP contribution in [0.4, 0.5) is 0 Å². The first kappa shape index (κ1) is 21.3. The maximum absolute atomic E-state index is 12.8. The third kappa shape index (κ3) is 6.63. The highest BCUT2D eigenvalue weighted by Gasteiger charge is 2.34. The minimum absolute atomic E-state index is 0.0414. The van der Waals surface area contributed by atoms with Gasteiger partial charge in [0.25, 0.3) is 0 Å². The summed E-state index contributed by atoms with van der Waals surface area (Å²) in [6, 6.07) is -0.170. The fourth-order valence-corrected chi connectivity index (χ4v) is 3.00. The molecule has 0 saturated carbocycles. The lowest BCUT2D eigenvalue weighted by Crippen LogP contribution is -2.52. The number of hydrogen-bond acceptors (Lipinski definition) is 3. The highest BCUT2D eigenvalue weighted by molar-refractivity contribution is 6.30. The molecule has 0 bridgehead atoms. The Labute approximate surface area is 152 Å². The number of nitrogens with zero attached hydrogens (tertiary/aromatic N) is 1. The van der Waals surface area contributed by atoms with E-state index < -0.39 is 5.38 Å². The molecule has 0 aromatic heterocycles. The average molecular weight is 358 g/mol. The summed E-state index contributed by atoms with van der Waals surface area (Å²) in [6.45, 7) is 9.92. The van der Waals surface area contributed by atoms with E-state index in [1.807, 2.05) is 6.92 Å². The topological polar surface area (TPSA) is 38.8 Å². The molecule has 0 spiro atoms. The summed E-state index contributed by atoms with van der Waals surface area (Å²) >= 11 is 6.34. The zero-order valence-corrected chi connectivity index (χ0v) is 16.3.